The third-order valence-electron chi connectivity index (χ3n) is 4.59. The number of benzene rings is 1. The SMILES string of the molecule is N#Cc1cc(F)c(-n2ncc3cnc(Nc4cc(NCC(O)C(F)(F)F)ncn4)cc32)c(Cl)c1. The summed E-state index contributed by atoms with van der Waals surface area (Å²) in [5, 5.41) is 28.0. The Labute approximate surface area is 193 Å². The number of fused-ring (bicyclic) bond motifs is 1. The molecule has 0 bridgehead atoms. The Bertz CT molecular complexity index is 1380. The normalized spacial score (nSPS) is 12.4. The van der Waals surface area contributed by atoms with Crippen molar-refractivity contribution in [2.24, 2.45) is 0 Å². The van der Waals surface area contributed by atoms with Gasteiger partial charge >= 0.3 is 6.18 Å². The minimum absolute atomic E-state index is 0.0135. The van der Waals surface area contributed by atoms with E-state index >= 15 is 0 Å². The molecular weight excluding hydrogens is 480 g/mol. The first kappa shape index (κ1) is 23.1. The molecule has 0 aliphatic rings. The predicted molar refractivity (Wildman–Crippen MR) is 114 cm³/mol. The molecule has 0 saturated heterocycles. The monoisotopic (exact) mass is 492 g/mol. The summed E-state index contributed by atoms with van der Waals surface area (Å²) in [5.74, 6) is -0.245. The minimum atomic E-state index is -4.76. The standard InChI is InChI=1S/C20H13ClF4N8O/c21-12-1-10(5-26)2-13(22)19(12)33-14-3-17(27-6-11(14)7-31-33)32-18-4-16(29-9-30-18)28-8-15(34)20(23,24)25/h1-4,6-7,9,15,34H,8H2,(H2,27,28,29,30,32). The predicted octanol–water partition coefficient (Wildman–Crippen LogP) is 3.95. The van der Waals surface area contributed by atoms with Crippen LogP contribution in [0.3, 0.4) is 0 Å². The lowest BCUT2D eigenvalue weighted by atomic mass is 10.2. The van der Waals surface area contributed by atoms with E-state index < -0.39 is 24.6 Å². The first-order valence-corrected chi connectivity index (χ1v) is 9.84. The van der Waals surface area contributed by atoms with Gasteiger partial charge in [-0.05, 0) is 12.1 Å². The molecule has 0 spiro atoms. The molecule has 0 radical (unpaired) electrons. The largest absolute Gasteiger partial charge is 0.416 e. The summed E-state index contributed by atoms with van der Waals surface area (Å²) >= 11 is 6.18. The first-order valence-electron chi connectivity index (χ1n) is 9.46. The molecule has 9 nitrogen and oxygen atoms in total. The zero-order valence-corrected chi connectivity index (χ0v) is 17.6. The Balaban J connectivity index is 1.60. The lowest BCUT2D eigenvalue weighted by Gasteiger charge is -2.15. The zero-order chi connectivity index (χ0) is 24.5. The number of nitrogens with zero attached hydrogens (tertiary/aromatic N) is 6. The highest BCUT2D eigenvalue weighted by molar-refractivity contribution is 6.32. The van der Waals surface area contributed by atoms with E-state index in [2.05, 4.69) is 30.7 Å². The molecule has 3 N–H and O–H groups in total. The molecule has 0 saturated carbocycles. The van der Waals surface area contributed by atoms with Crippen molar-refractivity contribution in [2.45, 2.75) is 12.3 Å². The van der Waals surface area contributed by atoms with E-state index in [9.17, 15) is 17.6 Å². The maximum atomic E-state index is 14.6. The smallest absolute Gasteiger partial charge is 0.382 e. The molecule has 0 fully saturated rings. The van der Waals surface area contributed by atoms with Crippen molar-refractivity contribution < 1.29 is 22.7 Å². The molecule has 174 valence electrons. The topological polar surface area (TPSA) is 125 Å². The van der Waals surface area contributed by atoms with Gasteiger partial charge in [0.1, 0.15) is 29.5 Å². The number of aliphatic hydroxyl groups excluding tert-OH is 1. The summed E-state index contributed by atoms with van der Waals surface area (Å²) in [5.41, 5.74) is 0.441. The van der Waals surface area contributed by atoms with Gasteiger partial charge in [-0.15, -0.1) is 0 Å². The molecule has 0 aliphatic heterocycles. The van der Waals surface area contributed by atoms with Crippen LogP contribution in [0.15, 0.2) is 43.0 Å². The fourth-order valence-electron chi connectivity index (χ4n) is 2.97. The van der Waals surface area contributed by atoms with Gasteiger partial charge in [0.25, 0.3) is 0 Å². The Morgan fingerprint density at radius 1 is 1.09 bits per heavy atom. The minimum Gasteiger partial charge on any atom is -0.382 e. The number of anilines is 3. The highest BCUT2D eigenvalue weighted by Gasteiger charge is 2.37. The van der Waals surface area contributed by atoms with Crippen molar-refractivity contribution in [2.75, 3.05) is 17.2 Å². The van der Waals surface area contributed by atoms with E-state index in [1.165, 1.54) is 29.2 Å². The molecular formula is C20H13ClF4N8O. The van der Waals surface area contributed by atoms with Gasteiger partial charge in [-0.2, -0.15) is 23.5 Å². The van der Waals surface area contributed by atoms with Crippen molar-refractivity contribution in [3.8, 4) is 11.8 Å². The van der Waals surface area contributed by atoms with Gasteiger partial charge in [0.2, 0.25) is 0 Å². The second-order valence-electron chi connectivity index (χ2n) is 6.94. The lowest BCUT2D eigenvalue weighted by Crippen LogP contribution is -2.35. The molecule has 14 heteroatoms. The number of aromatic nitrogens is 5. The van der Waals surface area contributed by atoms with Crippen LogP contribution in [0.25, 0.3) is 16.6 Å². The average molecular weight is 493 g/mol. The van der Waals surface area contributed by atoms with E-state index in [0.717, 1.165) is 12.4 Å². The van der Waals surface area contributed by atoms with Crippen LogP contribution in [0.5, 0.6) is 0 Å². The summed E-state index contributed by atoms with van der Waals surface area (Å²) < 4.78 is 53.3. The molecule has 34 heavy (non-hydrogen) atoms. The fraction of sp³-hybridized carbons (Fsp3) is 0.150. The zero-order valence-electron chi connectivity index (χ0n) is 16.8. The van der Waals surface area contributed by atoms with Crippen LogP contribution in [0.2, 0.25) is 5.02 Å². The van der Waals surface area contributed by atoms with Gasteiger partial charge in [0.15, 0.2) is 11.9 Å². The van der Waals surface area contributed by atoms with Gasteiger partial charge in [0, 0.05) is 23.7 Å². The van der Waals surface area contributed by atoms with Crippen molar-refractivity contribution in [3.05, 3.63) is 59.4 Å². The molecule has 4 aromatic rings. The van der Waals surface area contributed by atoms with Crippen molar-refractivity contribution in [1.29, 1.82) is 5.26 Å². The molecule has 1 aromatic carbocycles. The first-order chi connectivity index (χ1) is 16.2. The molecule has 3 heterocycles. The molecule has 4 rings (SSSR count). The van der Waals surface area contributed by atoms with Gasteiger partial charge in [-0.3, -0.25) is 0 Å². The van der Waals surface area contributed by atoms with Crippen LogP contribution in [-0.4, -0.2) is 48.7 Å². The van der Waals surface area contributed by atoms with E-state index in [1.54, 1.807) is 6.07 Å². The van der Waals surface area contributed by atoms with Crippen LogP contribution < -0.4 is 10.6 Å². The Morgan fingerprint density at radius 2 is 1.82 bits per heavy atom. The van der Waals surface area contributed by atoms with Gasteiger partial charge in [-0.1, -0.05) is 11.6 Å². The van der Waals surface area contributed by atoms with Crippen LogP contribution >= 0.6 is 11.6 Å². The highest BCUT2D eigenvalue weighted by Crippen LogP contribution is 2.29. The number of alkyl halides is 3. The second kappa shape index (κ2) is 9.08. The van der Waals surface area contributed by atoms with E-state index in [4.69, 9.17) is 22.0 Å². The van der Waals surface area contributed by atoms with Gasteiger partial charge in [0.05, 0.1) is 34.9 Å². The quantitative estimate of drug-likeness (QED) is 0.346. The van der Waals surface area contributed by atoms with E-state index in [1.807, 2.05) is 6.07 Å². The fourth-order valence-corrected chi connectivity index (χ4v) is 3.26. The third-order valence-corrected chi connectivity index (χ3v) is 4.88. The Kier molecular flexibility index (Phi) is 6.18. The average Bonchev–Trinajstić information content (AvgIpc) is 3.19. The second-order valence-corrected chi connectivity index (χ2v) is 7.34. The number of pyridine rings is 1. The molecule has 3 aromatic heterocycles. The number of nitriles is 1. The summed E-state index contributed by atoms with van der Waals surface area (Å²) in [6.07, 6.45) is -3.28. The van der Waals surface area contributed by atoms with Gasteiger partial charge in [-0.25, -0.2) is 24.0 Å². The Hall–Kier alpha value is -4.02. The molecule has 1 unspecified atom stereocenters. The number of nitrogens with one attached hydrogen (secondary N) is 2. The Morgan fingerprint density at radius 3 is 2.53 bits per heavy atom. The maximum Gasteiger partial charge on any atom is 0.416 e. The van der Waals surface area contributed by atoms with Crippen molar-refractivity contribution >= 4 is 40.0 Å². The number of hydrogen-bond acceptors (Lipinski definition) is 8. The van der Waals surface area contributed by atoms with Crippen molar-refractivity contribution in [1.82, 2.24) is 24.7 Å². The summed E-state index contributed by atoms with van der Waals surface area (Å²) in [4.78, 5) is 12.0. The van der Waals surface area contributed by atoms with Crippen LogP contribution in [0, 0.1) is 17.1 Å². The summed E-state index contributed by atoms with van der Waals surface area (Å²) in [6.45, 7) is -0.791. The lowest BCUT2D eigenvalue weighted by molar-refractivity contribution is -0.198. The maximum absolute atomic E-state index is 14.6. The van der Waals surface area contributed by atoms with Crippen LogP contribution in [-0.2, 0) is 0 Å². The number of hydrogen-bond donors (Lipinski definition) is 3. The van der Waals surface area contributed by atoms with Gasteiger partial charge < -0.3 is 15.7 Å². The number of aliphatic hydroxyl groups is 1. The molecule has 1 atom stereocenters. The van der Waals surface area contributed by atoms with Crippen LogP contribution in [0.4, 0.5) is 35.0 Å². The molecule has 0 aliphatic carbocycles. The third kappa shape index (κ3) is 4.82. The highest BCUT2D eigenvalue weighted by atomic mass is 35.5. The number of rotatable bonds is 6. The summed E-state index contributed by atoms with van der Waals surface area (Å²) in [7, 11) is 0. The molecule has 0 amide bonds. The number of halogens is 5. The van der Waals surface area contributed by atoms with Crippen LogP contribution in [0.1, 0.15) is 5.56 Å². The van der Waals surface area contributed by atoms with Crippen molar-refractivity contribution in [3.63, 3.8) is 0 Å². The van der Waals surface area contributed by atoms with E-state index in [-0.39, 0.29) is 33.7 Å². The van der Waals surface area contributed by atoms with E-state index in [0.29, 0.717) is 10.9 Å². The summed E-state index contributed by atoms with van der Waals surface area (Å²) in [6, 6.07) is 7.04.